The molecule has 9 heteroatoms. The molecule has 1 aliphatic heterocycles. The van der Waals surface area contributed by atoms with Crippen LogP contribution in [0.3, 0.4) is 0 Å². The average Bonchev–Trinajstić information content (AvgIpc) is 3.28. The molecule has 8 nitrogen and oxygen atoms in total. The lowest BCUT2D eigenvalue weighted by Gasteiger charge is -2.34. The van der Waals surface area contributed by atoms with Crippen molar-refractivity contribution in [1.29, 1.82) is 0 Å². The van der Waals surface area contributed by atoms with E-state index in [1.54, 1.807) is 16.9 Å². The maximum absolute atomic E-state index is 13.0. The first-order chi connectivity index (χ1) is 14.8. The van der Waals surface area contributed by atoms with E-state index in [9.17, 15) is 13.2 Å². The molecular weight excluding hydrogens is 416 g/mol. The largest absolute Gasteiger partial charge is 0.373 e. The summed E-state index contributed by atoms with van der Waals surface area (Å²) in [6, 6.07) is 15.1. The molecule has 0 aliphatic carbocycles. The number of sulfonamides is 1. The van der Waals surface area contributed by atoms with Crippen LogP contribution in [-0.2, 0) is 14.8 Å². The van der Waals surface area contributed by atoms with Gasteiger partial charge in [-0.1, -0.05) is 6.07 Å². The van der Waals surface area contributed by atoms with E-state index < -0.39 is 10.0 Å². The van der Waals surface area contributed by atoms with Gasteiger partial charge in [0.25, 0.3) is 5.91 Å². The third kappa shape index (κ3) is 4.68. The number of ether oxygens (including phenoxy) is 1. The molecule has 2 heterocycles. The minimum absolute atomic E-state index is 0.158. The minimum Gasteiger partial charge on any atom is -0.373 e. The number of hydrogen-bond donors (Lipinski definition) is 1. The van der Waals surface area contributed by atoms with Crippen LogP contribution in [0.15, 0.2) is 71.9 Å². The normalized spacial score (nSPS) is 19.8. The number of rotatable bonds is 5. The summed E-state index contributed by atoms with van der Waals surface area (Å²) in [4.78, 5) is 12.8. The first-order valence-corrected chi connectivity index (χ1v) is 11.4. The van der Waals surface area contributed by atoms with Crippen molar-refractivity contribution < 1.29 is 17.9 Å². The second kappa shape index (κ2) is 8.62. The highest BCUT2D eigenvalue weighted by Gasteiger charge is 2.32. The summed E-state index contributed by atoms with van der Waals surface area (Å²) in [6.45, 7) is 4.32. The lowest BCUT2D eigenvalue weighted by molar-refractivity contribution is -0.0440. The van der Waals surface area contributed by atoms with Crippen molar-refractivity contribution in [3.8, 4) is 5.69 Å². The Morgan fingerprint density at radius 2 is 1.77 bits per heavy atom. The van der Waals surface area contributed by atoms with Gasteiger partial charge in [0.05, 0.1) is 22.8 Å². The number of anilines is 1. The Hall–Kier alpha value is -3.01. The number of benzene rings is 2. The number of morpholine rings is 1. The van der Waals surface area contributed by atoms with E-state index in [2.05, 4.69) is 10.4 Å². The fourth-order valence-electron chi connectivity index (χ4n) is 3.61. The van der Waals surface area contributed by atoms with Crippen molar-refractivity contribution >= 4 is 21.6 Å². The lowest BCUT2D eigenvalue weighted by atomic mass is 10.2. The highest BCUT2D eigenvalue weighted by atomic mass is 32.2. The Bertz CT molecular complexity index is 1150. The van der Waals surface area contributed by atoms with Gasteiger partial charge in [-0.2, -0.15) is 9.40 Å². The molecule has 4 rings (SSSR count). The molecule has 2 atom stereocenters. The molecule has 31 heavy (non-hydrogen) atoms. The van der Waals surface area contributed by atoms with Crippen molar-refractivity contribution in [2.24, 2.45) is 0 Å². The number of aromatic nitrogens is 2. The monoisotopic (exact) mass is 440 g/mol. The predicted octanol–water partition coefficient (Wildman–Crippen LogP) is 2.92. The molecule has 0 spiro atoms. The molecule has 1 saturated heterocycles. The van der Waals surface area contributed by atoms with Crippen molar-refractivity contribution in [3.63, 3.8) is 0 Å². The van der Waals surface area contributed by atoms with E-state index in [0.717, 1.165) is 5.69 Å². The van der Waals surface area contributed by atoms with Gasteiger partial charge < -0.3 is 10.1 Å². The molecule has 1 aliphatic rings. The number of hydrogen-bond acceptors (Lipinski definition) is 5. The molecule has 2 aromatic carbocycles. The van der Waals surface area contributed by atoms with E-state index in [1.807, 2.05) is 44.3 Å². The van der Waals surface area contributed by atoms with Crippen molar-refractivity contribution in [2.45, 2.75) is 31.0 Å². The molecule has 1 N–H and O–H groups in total. The average molecular weight is 441 g/mol. The van der Waals surface area contributed by atoms with E-state index >= 15 is 0 Å². The van der Waals surface area contributed by atoms with Crippen LogP contribution in [0.2, 0.25) is 0 Å². The lowest BCUT2D eigenvalue weighted by Crippen LogP contribution is -2.48. The van der Waals surface area contributed by atoms with Gasteiger partial charge in [-0.25, -0.2) is 13.1 Å². The maximum atomic E-state index is 13.0. The molecule has 1 aromatic heterocycles. The Morgan fingerprint density at radius 1 is 1.06 bits per heavy atom. The van der Waals surface area contributed by atoms with Crippen molar-refractivity contribution in [1.82, 2.24) is 14.1 Å². The zero-order valence-corrected chi connectivity index (χ0v) is 18.1. The van der Waals surface area contributed by atoms with Crippen molar-refractivity contribution in [3.05, 3.63) is 72.6 Å². The van der Waals surface area contributed by atoms with E-state index in [0.29, 0.717) is 24.3 Å². The number of amides is 1. The van der Waals surface area contributed by atoms with Crippen LogP contribution in [0.1, 0.15) is 24.2 Å². The van der Waals surface area contributed by atoms with Crippen LogP contribution in [0.4, 0.5) is 5.69 Å². The molecule has 0 saturated carbocycles. The van der Waals surface area contributed by atoms with Gasteiger partial charge in [0.1, 0.15) is 0 Å². The van der Waals surface area contributed by atoms with Gasteiger partial charge in [0, 0.05) is 36.7 Å². The maximum Gasteiger partial charge on any atom is 0.255 e. The zero-order chi connectivity index (χ0) is 22.0. The molecule has 0 bridgehead atoms. The first kappa shape index (κ1) is 21.2. The second-order valence-corrected chi connectivity index (χ2v) is 9.50. The van der Waals surface area contributed by atoms with Gasteiger partial charge in [-0.15, -0.1) is 0 Å². The molecule has 1 amide bonds. The first-order valence-electron chi connectivity index (χ1n) is 10.00. The van der Waals surface area contributed by atoms with Gasteiger partial charge >= 0.3 is 0 Å². The third-order valence-electron chi connectivity index (χ3n) is 5.01. The highest BCUT2D eigenvalue weighted by Crippen LogP contribution is 2.22. The molecule has 162 valence electrons. The van der Waals surface area contributed by atoms with Crippen LogP contribution < -0.4 is 5.32 Å². The Balaban J connectivity index is 1.48. The zero-order valence-electron chi connectivity index (χ0n) is 17.3. The Labute approximate surface area is 181 Å². The third-order valence-corrected chi connectivity index (χ3v) is 6.86. The number of nitrogens with one attached hydrogen (secondary N) is 1. The fourth-order valence-corrected chi connectivity index (χ4v) is 5.20. The summed E-state index contributed by atoms with van der Waals surface area (Å²) in [5.41, 5.74) is 1.80. The SMILES string of the molecule is CC1CN(S(=O)(=O)c2ccc(C(=O)Nc3cccc(-n4cccn4)c3)cc2)CC(C)O1. The standard InChI is InChI=1S/C22H24N4O4S/c1-16-14-25(15-17(2)30-16)31(28,29)21-9-7-18(8-10-21)22(27)24-19-5-3-6-20(13-19)26-12-4-11-23-26/h3-13,16-17H,14-15H2,1-2H3,(H,24,27). The van der Waals surface area contributed by atoms with E-state index in [4.69, 9.17) is 4.74 Å². The van der Waals surface area contributed by atoms with E-state index in [-0.39, 0.29) is 23.0 Å². The van der Waals surface area contributed by atoms with Crippen LogP contribution in [-0.4, -0.2) is 53.7 Å². The van der Waals surface area contributed by atoms with Crippen LogP contribution in [0.25, 0.3) is 5.69 Å². The summed E-state index contributed by atoms with van der Waals surface area (Å²) < 4.78 is 34.7. The predicted molar refractivity (Wildman–Crippen MR) is 117 cm³/mol. The highest BCUT2D eigenvalue weighted by molar-refractivity contribution is 7.89. The molecule has 2 unspecified atom stereocenters. The number of nitrogens with zero attached hydrogens (tertiary/aromatic N) is 3. The Morgan fingerprint density at radius 3 is 2.42 bits per heavy atom. The second-order valence-electron chi connectivity index (χ2n) is 7.56. The number of carbonyl (C=O) groups is 1. The molecular formula is C22H24N4O4S. The van der Waals surface area contributed by atoms with Crippen LogP contribution >= 0.6 is 0 Å². The Kier molecular flexibility index (Phi) is 5.90. The summed E-state index contributed by atoms with van der Waals surface area (Å²) in [5.74, 6) is -0.324. The quantitative estimate of drug-likeness (QED) is 0.658. The molecule has 0 radical (unpaired) electrons. The minimum atomic E-state index is -3.65. The summed E-state index contributed by atoms with van der Waals surface area (Å²) >= 11 is 0. The van der Waals surface area contributed by atoms with Gasteiger partial charge in [-0.3, -0.25) is 4.79 Å². The summed E-state index contributed by atoms with van der Waals surface area (Å²) in [7, 11) is -3.65. The van der Waals surface area contributed by atoms with Crippen LogP contribution in [0.5, 0.6) is 0 Å². The van der Waals surface area contributed by atoms with E-state index in [1.165, 1.54) is 28.6 Å². The van der Waals surface area contributed by atoms with Gasteiger partial charge in [0.2, 0.25) is 10.0 Å². The summed E-state index contributed by atoms with van der Waals surface area (Å²) in [6.07, 6.45) is 3.16. The fraction of sp³-hybridized carbons (Fsp3) is 0.273. The summed E-state index contributed by atoms with van der Waals surface area (Å²) in [5, 5.41) is 7.02. The van der Waals surface area contributed by atoms with Crippen LogP contribution in [0, 0.1) is 0 Å². The smallest absolute Gasteiger partial charge is 0.255 e. The number of carbonyl (C=O) groups excluding carboxylic acids is 1. The van der Waals surface area contributed by atoms with Gasteiger partial charge in [0.15, 0.2) is 0 Å². The van der Waals surface area contributed by atoms with Gasteiger partial charge in [-0.05, 0) is 62.4 Å². The topological polar surface area (TPSA) is 93.5 Å². The van der Waals surface area contributed by atoms with Crippen molar-refractivity contribution in [2.75, 3.05) is 18.4 Å². The molecule has 3 aromatic rings. The molecule has 1 fully saturated rings.